The van der Waals surface area contributed by atoms with Crippen molar-refractivity contribution in [1.29, 1.82) is 0 Å². The predicted octanol–water partition coefficient (Wildman–Crippen LogP) is 3.91. The molecule has 1 aliphatic carbocycles. The maximum Gasteiger partial charge on any atom is 0.255 e. The first-order valence-electron chi connectivity index (χ1n) is 11.2. The monoisotopic (exact) mass is 474 g/mol. The summed E-state index contributed by atoms with van der Waals surface area (Å²) in [5.41, 5.74) is 3.17. The Morgan fingerprint density at radius 3 is 2.29 bits per heavy atom. The van der Waals surface area contributed by atoms with Crippen molar-refractivity contribution in [3.63, 3.8) is 0 Å². The predicted molar refractivity (Wildman–Crippen MR) is 132 cm³/mol. The van der Waals surface area contributed by atoms with Crippen LogP contribution in [0.3, 0.4) is 0 Å². The summed E-state index contributed by atoms with van der Waals surface area (Å²) < 4.78 is 1.52. The standard InChI is InChI=1S/C26H23ClN4O3/c27-20-15-28-23-14-17(9-12-19(20)23)26(34)30-22-5-3-4-21(22)29-25(33)16-7-10-18(11-8-16)31-13-2-1-6-24(31)32/h1-2,6-15,20-22H,3-5H2,(H,29,33)(H,30,34)/t20?,21-,22+/m0/s1. The molecule has 2 aromatic carbocycles. The molecule has 172 valence electrons. The Bertz CT molecular complexity index is 1330. The van der Waals surface area contributed by atoms with Gasteiger partial charge >= 0.3 is 0 Å². The van der Waals surface area contributed by atoms with E-state index in [0.29, 0.717) is 22.5 Å². The van der Waals surface area contributed by atoms with Crippen LogP contribution >= 0.6 is 11.6 Å². The Labute approximate surface area is 201 Å². The van der Waals surface area contributed by atoms with Crippen molar-refractivity contribution in [1.82, 2.24) is 15.2 Å². The summed E-state index contributed by atoms with van der Waals surface area (Å²) in [6, 6.07) is 16.8. The Hall–Kier alpha value is -3.71. The average Bonchev–Trinajstić information content (AvgIpc) is 3.45. The second-order valence-electron chi connectivity index (χ2n) is 8.50. The summed E-state index contributed by atoms with van der Waals surface area (Å²) in [7, 11) is 0. The van der Waals surface area contributed by atoms with Crippen LogP contribution in [0, 0.1) is 0 Å². The highest BCUT2D eigenvalue weighted by Crippen LogP contribution is 2.35. The topological polar surface area (TPSA) is 92.6 Å². The summed E-state index contributed by atoms with van der Waals surface area (Å²) >= 11 is 6.17. The third-order valence-corrected chi connectivity index (χ3v) is 6.66. The first-order valence-corrected chi connectivity index (χ1v) is 11.7. The number of hydrogen-bond donors (Lipinski definition) is 2. The molecule has 1 aromatic heterocycles. The summed E-state index contributed by atoms with van der Waals surface area (Å²) in [4.78, 5) is 42.0. The van der Waals surface area contributed by atoms with Crippen molar-refractivity contribution in [3.8, 4) is 5.69 Å². The highest BCUT2D eigenvalue weighted by atomic mass is 35.5. The molecule has 34 heavy (non-hydrogen) atoms. The molecule has 1 aliphatic heterocycles. The fraction of sp³-hybridized carbons (Fsp3) is 0.231. The number of nitrogens with one attached hydrogen (secondary N) is 2. The molecule has 3 aromatic rings. The van der Waals surface area contributed by atoms with Gasteiger partial charge in [0.2, 0.25) is 0 Å². The largest absolute Gasteiger partial charge is 0.347 e. The number of amides is 2. The highest BCUT2D eigenvalue weighted by molar-refractivity contribution is 6.29. The number of pyridine rings is 1. The SMILES string of the molecule is O=C(N[C@H]1CCC[C@H]1NC(=O)c1ccc2c(c1)N=CC2Cl)c1ccc(-n2ccccc2=O)cc1. The van der Waals surface area contributed by atoms with E-state index in [9.17, 15) is 14.4 Å². The van der Waals surface area contributed by atoms with Gasteiger partial charge in [-0.2, -0.15) is 0 Å². The molecule has 8 heteroatoms. The number of rotatable bonds is 5. The molecule has 1 saturated carbocycles. The van der Waals surface area contributed by atoms with E-state index in [1.54, 1.807) is 60.9 Å². The van der Waals surface area contributed by atoms with E-state index >= 15 is 0 Å². The van der Waals surface area contributed by atoms with Gasteiger partial charge in [0, 0.05) is 52.9 Å². The number of carbonyl (C=O) groups is 2. The maximum absolute atomic E-state index is 12.9. The molecule has 5 rings (SSSR count). The first kappa shape index (κ1) is 22.1. The van der Waals surface area contributed by atoms with E-state index in [4.69, 9.17) is 11.6 Å². The van der Waals surface area contributed by atoms with Crippen LogP contribution in [0.25, 0.3) is 5.69 Å². The molecule has 2 aliphatic rings. The third kappa shape index (κ3) is 4.39. The Morgan fingerprint density at radius 1 is 0.912 bits per heavy atom. The normalized spacial score (nSPS) is 20.7. The van der Waals surface area contributed by atoms with Crippen LogP contribution in [0.4, 0.5) is 5.69 Å². The number of halogens is 1. The molecular formula is C26H23ClN4O3. The van der Waals surface area contributed by atoms with Crippen molar-refractivity contribution in [2.75, 3.05) is 0 Å². The smallest absolute Gasteiger partial charge is 0.255 e. The van der Waals surface area contributed by atoms with Crippen molar-refractivity contribution >= 4 is 35.3 Å². The Morgan fingerprint density at radius 2 is 1.59 bits per heavy atom. The van der Waals surface area contributed by atoms with Crippen LogP contribution in [0.2, 0.25) is 0 Å². The molecule has 2 N–H and O–H groups in total. The van der Waals surface area contributed by atoms with Gasteiger partial charge in [-0.1, -0.05) is 12.1 Å². The lowest BCUT2D eigenvalue weighted by Crippen LogP contribution is -2.48. The van der Waals surface area contributed by atoms with E-state index < -0.39 is 0 Å². The molecule has 2 heterocycles. The van der Waals surface area contributed by atoms with Gasteiger partial charge in [0.1, 0.15) is 0 Å². The fourth-order valence-corrected chi connectivity index (χ4v) is 4.72. The number of hydrogen-bond acceptors (Lipinski definition) is 4. The van der Waals surface area contributed by atoms with Crippen LogP contribution in [0.5, 0.6) is 0 Å². The number of alkyl halides is 1. The van der Waals surface area contributed by atoms with Gasteiger partial charge in [-0.3, -0.25) is 23.9 Å². The zero-order valence-corrected chi connectivity index (χ0v) is 19.0. The van der Waals surface area contributed by atoms with Gasteiger partial charge in [-0.05, 0) is 61.7 Å². The maximum atomic E-state index is 12.9. The highest BCUT2D eigenvalue weighted by Gasteiger charge is 2.30. The van der Waals surface area contributed by atoms with Crippen LogP contribution < -0.4 is 16.2 Å². The van der Waals surface area contributed by atoms with Gasteiger partial charge < -0.3 is 10.6 Å². The summed E-state index contributed by atoms with van der Waals surface area (Å²) in [5, 5.41) is 5.86. The minimum atomic E-state index is -0.260. The van der Waals surface area contributed by atoms with Gasteiger partial charge in [-0.25, -0.2) is 0 Å². The summed E-state index contributed by atoms with van der Waals surface area (Å²) in [6.45, 7) is 0. The lowest BCUT2D eigenvalue weighted by atomic mass is 10.1. The summed E-state index contributed by atoms with van der Waals surface area (Å²) in [6.07, 6.45) is 5.83. The molecule has 0 radical (unpaired) electrons. The molecule has 7 nitrogen and oxygen atoms in total. The van der Waals surface area contributed by atoms with Gasteiger partial charge in [-0.15, -0.1) is 11.6 Å². The molecule has 2 amide bonds. The lowest BCUT2D eigenvalue weighted by Gasteiger charge is -2.22. The molecule has 0 saturated heterocycles. The average molecular weight is 475 g/mol. The molecule has 1 unspecified atom stereocenters. The lowest BCUT2D eigenvalue weighted by molar-refractivity contribution is 0.0892. The molecule has 3 atom stereocenters. The fourth-order valence-electron chi connectivity index (χ4n) is 4.48. The minimum absolute atomic E-state index is 0.137. The van der Waals surface area contributed by atoms with Crippen LogP contribution in [0.1, 0.15) is 50.9 Å². The van der Waals surface area contributed by atoms with Gasteiger partial charge in [0.15, 0.2) is 0 Å². The zero-order valence-electron chi connectivity index (χ0n) is 18.3. The molecule has 1 fully saturated rings. The number of aliphatic imine (C=N–C) groups is 1. The number of aromatic nitrogens is 1. The van der Waals surface area contributed by atoms with E-state index in [2.05, 4.69) is 15.6 Å². The van der Waals surface area contributed by atoms with Crippen molar-refractivity contribution < 1.29 is 9.59 Å². The quantitative estimate of drug-likeness (QED) is 0.549. The van der Waals surface area contributed by atoms with Crippen molar-refractivity contribution in [2.45, 2.75) is 36.7 Å². The molecular weight excluding hydrogens is 452 g/mol. The van der Waals surface area contributed by atoms with Crippen molar-refractivity contribution in [3.05, 3.63) is 93.9 Å². The zero-order chi connectivity index (χ0) is 23.7. The number of carbonyl (C=O) groups excluding carboxylic acids is 2. The van der Waals surface area contributed by atoms with Crippen molar-refractivity contribution in [2.24, 2.45) is 4.99 Å². The van der Waals surface area contributed by atoms with Gasteiger partial charge in [0.25, 0.3) is 17.4 Å². The first-order chi connectivity index (χ1) is 16.5. The number of nitrogens with zero attached hydrogens (tertiary/aromatic N) is 2. The second-order valence-corrected chi connectivity index (χ2v) is 8.97. The van der Waals surface area contributed by atoms with Crippen LogP contribution in [0.15, 0.2) is 76.6 Å². The molecule has 0 bridgehead atoms. The van der Waals surface area contributed by atoms with E-state index in [-0.39, 0.29) is 34.8 Å². The Balaban J connectivity index is 1.23. The minimum Gasteiger partial charge on any atom is -0.347 e. The molecule has 0 spiro atoms. The second kappa shape index (κ2) is 9.27. The van der Waals surface area contributed by atoms with Gasteiger partial charge in [0.05, 0.1) is 11.1 Å². The number of fused-ring (bicyclic) bond motifs is 1. The van der Waals surface area contributed by atoms with E-state index in [0.717, 1.165) is 24.8 Å². The van der Waals surface area contributed by atoms with Crippen LogP contribution in [-0.2, 0) is 0 Å². The number of benzene rings is 2. The third-order valence-electron chi connectivity index (χ3n) is 6.31. The summed E-state index contributed by atoms with van der Waals surface area (Å²) in [5.74, 6) is -0.405. The van der Waals surface area contributed by atoms with Crippen LogP contribution in [-0.4, -0.2) is 34.7 Å². The van der Waals surface area contributed by atoms with E-state index in [1.165, 1.54) is 10.6 Å². The van der Waals surface area contributed by atoms with E-state index in [1.807, 2.05) is 6.07 Å². The Kier molecular flexibility index (Phi) is 6.02.